The normalized spacial score (nSPS) is 11.0. The first-order chi connectivity index (χ1) is 9.47. The van der Waals surface area contributed by atoms with E-state index in [0.717, 1.165) is 11.0 Å². The van der Waals surface area contributed by atoms with Gasteiger partial charge in [0.15, 0.2) is 0 Å². The zero-order valence-corrected chi connectivity index (χ0v) is 13.2. The van der Waals surface area contributed by atoms with Crippen LogP contribution in [0.4, 0.5) is 0 Å². The number of imidazole rings is 1. The summed E-state index contributed by atoms with van der Waals surface area (Å²) < 4.78 is 8.62. The van der Waals surface area contributed by atoms with Crippen molar-refractivity contribution in [2.45, 2.75) is 0 Å². The molecule has 2 rings (SSSR count). The van der Waals surface area contributed by atoms with Gasteiger partial charge in [-0.3, -0.25) is 13.9 Å². The molecule has 0 aliphatic rings. The van der Waals surface area contributed by atoms with Gasteiger partial charge in [-0.25, -0.2) is 4.79 Å². The Morgan fingerprint density at radius 2 is 1.90 bits per heavy atom. The van der Waals surface area contributed by atoms with Gasteiger partial charge in [-0.1, -0.05) is 0 Å². The summed E-state index contributed by atoms with van der Waals surface area (Å²) in [4.78, 5) is 24.0. The fourth-order valence-electron chi connectivity index (χ4n) is 2.06. The lowest BCUT2D eigenvalue weighted by Crippen LogP contribution is -2.27. The molecule has 0 spiro atoms. The molecule has 108 valence electrons. The number of nitrogens with one attached hydrogen (secondary N) is 1. The number of rotatable bonds is 4. The highest BCUT2D eigenvalue weighted by Crippen LogP contribution is 2.23. The molecule has 7 heteroatoms. The van der Waals surface area contributed by atoms with Crippen LogP contribution in [-0.4, -0.2) is 35.3 Å². The SMILES string of the molecule is COCCNC(=O)c1cc2c(cc1Br)n(C)c(=O)n2C. The maximum absolute atomic E-state index is 12.1. The van der Waals surface area contributed by atoms with E-state index in [9.17, 15) is 9.59 Å². The van der Waals surface area contributed by atoms with Gasteiger partial charge in [0, 0.05) is 32.2 Å². The van der Waals surface area contributed by atoms with Gasteiger partial charge in [-0.05, 0) is 28.1 Å². The Labute approximate surface area is 124 Å². The smallest absolute Gasteiger partial charge is 0.328 e. The molecule has 1 N–H and O–H groups in total. The molecule has 0 unspecified atom stereocenters. The molecule has 1 aromatic carbocycles. The minimum Gasteiger partial charge on any atom is -0.383 e. The molecular formula is C13H16BrN3O3. The standard InChI is InChI=1S/C13H16BrN3O3/c1-16-10-6-8(12(18)15-4-5-20-3)9(14)7-11(10)17(2)13(16)19/h6-7H,4-5H2,1-3H3,(H,15,18). The second-order valence-electron chi connectivity index (χ2n) is 4.47. The van der Waals surface area contributed by atoms with Crippen LogP contribution in [0.3, 0.4) is 0 Å². The molecule has 2 aromatic rings. The number of ether oxygens (including phenoxy) is 1. The van der Waals surface area contributed by atoms with E-state index in [0.29, 0.717) is 23.2 Å². The highest BCUT2D eigenvalue weighted by molar-refractivity contribution is 9.10. The van der Waals surface area contributed by atoms with Gasteiger partial charge in [0.05, 0.1) is 23.2 Å². The highest BCUT2D eigenvalue weighted by Gasteiger charge is 2.15. The zero-order chi connectivity index (χ0) is 14.9. The summed E-state index contributed by atoms with van der Waals surface area (Å²) in [7, 11) is 4.97. The Hall–Kier alpha value is -1.60. The third-order valence-electron chi connectivity index (χ3n) is 3.20. The van der Waals surface area contributed by atoms with E-state index in [-0.39, 0.29) is 11.6 Å². The number of aryl methyl sites for hydroxylation is 2. The molecule has 0 saturated heterocycles. The minimum atomic E-state index is -0.202. The Balaban J connectivity index is 2.45. The van der Waals surface area contributed by atoms with E-state index in [1.807, 2.05) is 0 Å². The van der Waals surface area contributed by atoms with Crippen LogP contribution in [0.25, 0.3) is 11.0 Å². The molecule has 1 heterocycles. The summed E-state index contributed by atoms with van der Waals surface area (Å²) in [6.45, 7) is 0.892. The van der Waals surface area contributed by atoms with Crippen LogP contribution >= 0.6 is 15.9 Å². The van der Waals surface area contributed by atoms with Crippen LogP contribution < -0.4 is 11.0 Å². The highest BCUT2D eigenvalue weighted by atomic mass is 79.9. The Morgan fingerprint density at radius 1 is 1.30 bits per heavy atom. The predicted molar refractivity (Wildman–Crippen MR) is 80.1 cm³/mol. The largest absolute Gasteiger partial charge is 0.383 e. The minimum absolute atomic E-state index is 0.121. The van der Waals surface area contributed by atoms with Gasteiger partial charge in [-0.15, -0.1) is 0 Å². The monoisotopic (exact) mass is 341 g/mol. The summed E-state index contributed by atoms with van der Waals surface area (Å²) in [6, 6.07) is 3.49. The van der Waals surface area contributed by atoms with Gasteiger partial charge in [0.1, 0.15) is 0 Å². The van der Waals surface area contributed by atoms with Gasteiger partial charge in [0.25, 0.3) is 5.91 Å². The Bertz CT molecular complexity index is 718. The second kappa shape index (κ2) is 5.80. The van der Waals surface area contributed by atoms with Crippen molar-refractivity contribution < 1.29 is 9.53 Å². The van der Waals surface area contributed by atoms with Crippen LogP contribution in [0.15, 0.2) is 21.4 Å². The molecule has 0 aliphatic heterocycles. The van der Waals surface area contributed by atoms with Crippen LogP contribution in [0, 0.1) is 0 Å². The third kappa shape index (κ3) is 2.51. The van der Waals surface area contributed by atoms with Crippen LogP contribution in [0.1, 0.15) is 10.4 Å². The molecule has 0 atom stereocenters. The van der Waals surface area contributed by atoms with Crippen LogP contribution in [-0.2, 0) is 18.8 Å². The molecule has 0 radical (unpaired) electrons. The second-order valence-corrected chi connectivity index (χ2v) is 5.32. The van der Waals surface area contributed by atoms with Gasteiger partial charge < -0.3 is 10.1 Å². The molecular weight excluding hydrogens is 326 g/mol. The lowest BCUT2D eigenvalue weighted by Gasteiger charge is -2.07. The average Bonchev–Trinajstić information content (AvgIpc) is 2.63. The number of hydrogen-bond donors (Lipinski definition) is 1. The maximum Gasteiger partial charge on any atom is 0.328 e. The first kappa shape index (κ1) is 14.8. The number of methoxy groups -OCH3 is 1. The number of benzene rings is 1. The number of fused-ring (bicyclic) bond motifs is 1. The van der Waals surface area contributed by atoms with E-state index in [1.165, 1.54) is 4.57 Å². The third-order valence-corrected chi connectivity index (χ3v) is 3.85. The molecule has 0 aliphatic carbocycles. The molecule has 20 heavy (non-hydrogen) atoms. The van der Waals surface area contributed by atoms with E-state index in [1.54, 1.807) is 37.9 Å². The van der Waals surface area contributed by atoms with Crippen LogP contribution in [0.2, 0.25) is 0 Å². The van der Waals surface area contributed by atoms with E-state index in [2.05, 4.69) is 21.2 Å². The molecule has 1 amide bonds. The van der Waals surface area contributed by atoms with Crippen molar-refractivity contribution in [3.63, 3.8) is 0 Å². The topological polar surface area (TPSA) is 65.3 Å². The van der Waals surface area contributed by atoms with Crippen molar-refractivity contribution >= 4 is 32.9 Å². The predicted octanol–water partition coefficient (Wildman–Crippen LogP) is 1.02. The van der Waals surface area contributed by atoms with Crippen molar-refractivity contribution in [1.29, 1.82) is 0 Å². The number of carbonyl (C=O) groups excluding carboxylic acids is 1. The number of halogens is 1. The first-order valence-corrected chi connectivity index (χ1v) is 6.88. The lowest BCUT2D eigenvalue weighted by atomic mass is 10.2. The number of nitrogens with zero attached hydrogens (tertiary/aromatic N) is 2. The number of amides is 1. The quantitative estimate of drug-likeness (QED) is 0.844. The van der Waals surface area contributed by atoms with Crippen molar-refractivity contribution in [2.24, 2.45) is 14.1 Å². The summed E-state index contributed by atoms with van der Waals surface area (Å²) >= 11 is 3.38. The summed E-state index contributed by atoms with van der Waals surface area (Å²) in [5, 5.41) is 2.76. The number of aromatic nitrogens is 2. The summed E-state index contributed by atoms with van der Waals surface area (Å²) in [5.74, 6) is -0.202. The van der Waals surface area contributed by atoms with Gasteiger partial charge >= 0.3 is 5.69 Å². The molecule has 0 saturated carbocycles. The molecule has 0 fully saturated rings. The maximum atomic E-state index is 12.1. The fourth-order valence-corrected chi connectivity index (χ4v) is 2.57. The number of hydrogen-bond acceptors (Lipinski definition) is 3. The first-order valence-electron chi connectivity index (χ1n) is 6.09. The Morgan fingerprint density at radius 3 is 2.50 bits per heavy atom. The summed E-state index contributed by atoms with van der Waals surface area (Å²) in [6.07, 6.45) is 0. The van der Waals surface area contributed by atoms with Gasteiger partial charge in [-0.2, -0.15) is 0 Å². The molecule has 1 aromatic heterocycles. The summed E-state index contributed by atoms with van der Waals surface area (Å²) in [5.41, 5.74) is 1.87. The van der Waals surface area contributed by atoms with E-state index >= 15 is 0 Å². The zero-order valence-electron chi connectivity index (χ0n) is 11.6. The average molecular weight is 342 g/mol. The van der Waals surface area contributed by atoms with E-state index < -0.39 is 0 Å². The van der Waals surface area contributed by atoms with Crippen molar-refractivity contribution in [3.8, 4) is 0 Å². The van der Waals surface area contributed by atoms with Crippen LogP contribution in [0.5, 0.6) is 0 Å². The fraction of sp³-hybridized carbons (Fsp3) is 0.385. The van der Waals surface area contributed by atoms with Crippen molar-refractivity contribution in [1.82, 2.24) is 14.5 Å². The molecule has 6 nitrogen and oxygen atoms in total. The van der Waals surface area contributed by atoms with E-state index in [4.69, 9.17) is 4.74 Å². The van der Waals surface area contributed by atoms with Crippen molar-refractivity contribution in [2.75, 3.05) is 20.3 Å². The molecule has 0 bridgehead atoms. The van der Waals surface area contributed by atoms with Crippen molar-refractivity contribution in [3.05, 3.63) is 32.7 Å². The Kier molecular flexibility index (Phi) is 4.29. The lowest BCUT2D eigenvalue weighted by molar-refractivity contribution is 0.0936. The number of carbonyl (C=O) groups is 1. The van der Waals surface area contributed by atoms with Gasteiger partial charge in [0.2, 0.25) is 0 Å².